The molecule has 0 aromatic carbocycles. The second kappa shape index (κ2) is 25.4. The van der Waals surface area contributed by atoms with Crippen molar-refractivity contribution < 1.29 is 71.5 Å². The van der Waals surface area contributed by atoms with Gasteiger partial charge in [0.2, 0.25) is 0 Å². The fourth-order valence-electron chi connectivity index (χ4n) is 1.23. The third-order valence-corrected chi connectivity index (χ3v) is 3.21. The second-order valence-electron chi connectivity index (χ2n) is 4.18. The Bertz CT molecular complexity index is 336. The Morgan fingerprint density at radius 3 is 1.91 bits per heavy atom. The summed E-state index contributed by atoms with van der Waals surface area (Å²) in [5.41, 5.74) is 7.72. The SMILES string of the molecule is CC[C@H](C/C([NH-])=C/C(C)=O)OP.CC[C@H](CC#N)OP.O.[Y].[Zn]. The maximum Gasteiger partial charge on any atom is 0.151 e. The molecule has 0 amide bonds. The molecule has 0 aliphatic heterocycles. The molecule has 0 saturated carbocycles. The molecule has 23 heavy (non-hydrogen) atoms. The Morgan fingerprint density at radius 2 is 1.70 bits per heavy atom. The molecule has 129 valence electrons. The predicted octanol–water partition coefficient (Wildman–Crippen LogP) is 3.14. The molecule has 0 aromatic rings. The van der Waals surface area contributed by atoms with E-state index in [2.05, 4.69) is 18.9 Å². The van der Waals surface area contributed by atoms with E-state index in [9.17, 15) is 4.79 Å². The smallest absolute Gasteiger partial charge is 0.151 e. The van der Waals surface area contributed by atoms with Gasteiger partial charge in [-0.05, 0) is 32.3 Å². The summed E-state index contributed by atoms with van der Waals surface area (Å²) in [6.07, 6.45) is 4.18. The van der Waals surface area contributed by atoms with Crippen LogP contribution in [0.15, 0.2) is 11.8 Å². The first kappa shape index (κ1) is 35.3. The van der Waals surface area contributed by atoms with E-state index in [4.69, 9.17) is 20.0 Å². The van der Waals surface area contributed by atoms with Crippen molar-refractivity contribution >= 4 is 24.7 Å². The van der Waals surface area contributed by atoms with Gasteiger partial charge in [-0.1, -0.05) is 13.8 Å². The molecule has 2 unspecified atom stereocenters. The van der Waals surface area contributed by atoms with Gasteiger partial charge in [0.1, 0.15) is 0 Å². The zero-order valence-corrected chi connectivity index (χ0v) is 22.3. The van der Waals surface area contributed by atoms with Gasteiger partial charge >= 0.3 is 0 Å². The van der Waals surface area contributed by atoms with Crippen molar-refractivity contribution in [2.45, 2.75) is 58.7 Å². The van der Waals surface area contributed by atoms with E-state index in [0.717, 1.165) is 12.8 Å². The van der Waals surface area contributed by atoms with Gasteiger partial charge in [-0.3, -0.25) is 4.79 Å². The summed E-state index contributed by atoms with van der Waals surface area (Å²) < 4.78 is 9.83. The maximum absolute atomic E-state index is 10.6. The van der Waals surface area contributed by atoms with Crippen LogP contribution in [-0.4, -0.2) is 23.5 Å². The Labute approximate surface area is 182 Å². The van der Waals surface area contributed by atoms with Gasteiger partial charge in [0.15, 0.2) is 5.78 Å². The molecule has 10 heteroatoms. The van der Waals surface area contributed by atoms with Gasteiger partial charge < -0.3 is 20.3 Å². The van der Waals surface area contributed by atoms with Crippen molar-refractivity contribution in [2.24, 2.45) is 0 Å². The first-order valence-corrected chi connectivity index (χ1v) is 7.40. The molecule has 0 aliphatic carbocycles. The summed E-state index contributed by atoms with van der Waals surface area (Å²) in [5.74, 6) is -0.0846. The van der Waals surface area contributed by atoms with Crippen LogP contribution in [0.1, 0.15) is 46.5 Å². The molecule has 0 aliphatic rings. The number of nitrogens with one attached hydrogen (secondary N) is 1. The molecule has 0 heterocycles. The van der Waals surface area contributed by atoms with Gasteiger partial charge in [0, 0.05) is 71.1 Å². The minimum absolute atomic E-state index is 0. The van der Waals surface area contributed by atoms with E-state index in [0.29, 0.717) is 18.5 Å². The molecule has 6 nitrogen and oxygen atoms in total. The molecule has 1 radical (unpaired) electrons. The van der Waals surface area contributed by atoms with Gasteiger partial charge in [-0.15, -0.1) is 0 Å². The van der Waals surface area contributed by atoms with Crippen LogP contribution in [0.3, 0.4) is 0 Å². The number of ketones is 1. The average Bonchev–Trinajstić information content (AvgIpc) is 2.42. The number of nitriles is 1. The number of nitrogens with zero attached hydrogens (tertiary/aromatic N) is 1. The monoisotopic (exact) mass is 490 g/mol. The molecule has 0 bridgehead atoms. The van der Waals surface area contributed by atoms with Crippen LogP contribution in [0.4, 0.5) is 0 Å². The fourth-order valence-corrected chi connectivity index (χ4v) is 1.81. The summed E-state index contributed by atoms with van der Waals surface area (Å²) in [7, 11) is 4.34. The maximum atomic E-state index is 10.6. The molecule has 3 N–H and O–H groups in total. The van der Waals surface area contributed by atoms with Crippen LogP contribution >= 0.6 is 18.9 Å². The average molecular weight is 492 g/mol. The van der Waals surface area contributed by atoms with E-state index >= 15 is 0 Å². The van der Waals surface area contributed by atoms with Crippen molar-refractivity contribution in [3.63, 3.8) is 0 Å². The first-order chi connectivity index (χ1) is 9.44. The van der Waals surface area contributed by atoms with Crippen LogP contribution in [0.25, 0.3) is 5.73 Å². The number of rotatable bonds is 8. The zero-order chi connectivity index (χ0) is 16.0. The Hall–Kier alpha value is 1.17. The summed E-state index contributed by atoms with van der Waals surface area (Å²) in [4.78, 5) is 10.6. The van der Waals surface area contributed by atoms with Gasteiger partial charge in [0.05, 0.1) is 24.7 Å². The number of carbonyl (C=O) groups is 1. The Balaban J connectivity index is -0.0000000880. The largest absolute Gasteiger partial charge is 0.702 e. The summed E-state index contributed by atoms with van der Waals surface area (Å²) in [6, 6.07) is 2.03. The topological polar surface area (TPSA) is 115 Å². The van der Waals surface area contributed by atoms with E-state index in [-0.39, 0.29) is 75.7 Å². The van der Waals surface area contributed by atoms with Crippen LogP contribution in [0.5, 0.6) is 0 Å². The first-order valence-electron chi connectivity index (χ1n) is 6.45. The van der Waals surface area contributed by atoms with Crippen LogP contribution in [0, 0.1) is 11.3 Å². The molecule has 4 atom stereocenters. The van der Waals surface area contributed by atoms with Crippen molar-refractivity contribution in [3.05, 3.63) is 17.5 Å². The fraction of sp³-hybridized carbons (Fsp3) is 0.692. The Kier molecular flexibility index (Phi) is 39.0. The quantitative estimate of drug-likeness (QED) is 0.295. The molecule has 0 rings (SSSR count). The van der Waals surface area contributed by atoms with Crippen LogP contribution in [-0.2, 0) is 66.0 Å². The minimum atomic E-state index is -0.0846. The predicted molar refractivity (Wildman–Crippen MR) is 91.3 cm³/mol. The zero-order valence-electron chi connectivity index (χ0n) is 14.2. The van der Waals surface area contributed by atoms with E-state index in [1.807, 2.05) is 19.9 Å². The second-order valence-corrected chi connectivity index (χ2v) is 4.72. The number of carbonyl (C=O) groups excluding carboxylic acids is 1. The van der Waals surface area contributed by atoms with E-state index in [1.54, 1.807) is 0 Å². The molecular weight excluding hydrogens is 464 g/mol. The van der Waals surface area contributed by atoms with Gasteiger partial charge in [-0.2, -0.15) is 11.0 Å². The van der Waals surface area contributed by atoms with Gasteiger partial charge in [-0.25, -0.2) is 0 Å². The molecule has 0 aromatic heterocycles. The third-order valence-electron chi connectivity index (χ3n) is 2.44. The summed E-state index contributed by atoms with van der Waals surface area (Å²) >= 11 is 0. The molecule has 0 fully saturated rings. The summed E-state index contributed by atoms with van der Waals surface area (Å²) in [5, 5.41) is 8.16. The number of allylic oxidation sites excluding steroid dienone is 1. The van der Waals surface area contributed by atoms with Crippen molar-refractivity contribution in [1.82, 2.24) is 0 Å². The van der Waals surface area contributed by atoms with Crippen LogP contribution < -0.4 is 0 Å². The molecule has 0 saturated heterocycles. The third kappa shape index (κ3) is 25.5. The molecular formula is C13H27N2O4P2YZn-. The van der Waals surface area contributed by atoms with Crippen molar-refractivity contribution in [1.29, 1.82) is 5.26 Å². The van der Waals surface area contributed by atoms with Crippen molar-refractivity contribution in [2.75, 3.05) is 0 Å². The van der Waals surface area contributed by atoms with Crippen LogP contribution in [0.2, 0.25) is 0 Å². The Morgan fingerprint density at radius 1 is 1.26 bits per heavy atom. The number of hydrogen-bond donors (Lipinski definition) is 0. The standard InChI is InChI=1S/C8H16NO2P.C5H10NOP.H2O.Y.Zn/c1-3-8(11-12)5-7(9)4-6(2)10;1-2-5(7-8)3-4-6;;;/h4,8H,3,5,12H2,1-2H3,(H2,9,10);5H,2-3,8H2,1H3;1H2;;/p-1/t8-;5-;;;/m11.../s1. The molecule has 0 spiro atoms. The number of hydrogen-bond acceptors (Lipinski definition) is 4. The van der Waals surface area contributed by atoms with E-state index < -0.39 is 0 Å². The minimum Gasteiger partial charge on any atom is -0.702 e. The van der Waals surface area contributed by atoms with E-state index in [1.165, 1.54) is 13.0 Å². The summed E-state index contributed by atoms with van der Waals surface area (Å²) in [6.45, 7) is 5.42. The van der Waals surface area contributed by atoms with Gasteiger partial charge in [0.25, 0.3) is 0 Å². The van der Waals surface area contributed by atoms with Crippen molar-refractivity contribution in [3.8, 4) is 6.07 Å². The normalized spacial score (nSPS) is 11.9.